The molecule has 0 aliphatic carbocycles. The number of carbonyl (C=O) groups is 1. The highest BCUT2D eigenvalue weighted by Crippen LogP contribution is 2.31. The maximum Gasteiger partial charge on any atom is 0.209 e. The number of carbonyl (C=O) groups excluding carboxylic acids is 1. The number of pyridine rings is 1. The van der Waals surface area contributed by atoms with Crippen LogP contribution in [0.5, 0.6) is 0 Å². The third-order valence-electron chi connectivity index (χ3n) is 5.29. The summed E-state index contributed by atoms with van der Waals surface area (Å²) >= 11 is 3.61. The van der Waals surface area contributed by atoms with Crippen LogP contribution >= 0.6 is 23.5 Å². The number of rotatable bonds is 7. The molecule has 0 atom stereocenters. The van der Waals surface area contributed by atoms with Crippen molar-refractivity contribution in [3.63, 3.8) is 0 Å². The van der Waals surface area contributed by atoms with E-state index in [-0.39, 0.29) is 0 Å². The summed E-state index contributed by atoms with van der Waals surface area (Å²) in [5.74, 6) is 0.946. The van der Waals surface area contributed by atoms with Crippen LogP contribution in [0.1, 0.15) is 11.1 Å². The third kappa shape index (κ3) is 5.13. The Kier molecular flexibility index (Phi) is 6.74. The van der Waals surface area contributed by atoms with Crippen molar-refractivity contribution >= 4 is 40.8 Å². The fraction of sp³-hybridized carbons (Fsp3) is 0.304. The van der Waals surface area contributed by atoms with Gasteiger partial charge in [-0.1, -0.05) is 30.3 Å². The molecule has 1 aliphatic rings. The minimum absolute atomic E-state index is 0.830. The molecule has 0 spiro atoms. The number of amides is 1. The first kappa shape index (κ1) is 20.3. The number of fused-ring (bicyclic) bond motifs is 1. The molecule has 2 heterocycles. The summed E-state index contributed by atoms with van der Waals surface area (Å²) in [5, 5.41) is 1.22. The fourth-order valence-electron chi connectivity index (χ4n) is 3.54. The van der Waals surface area contributed by atoms with E-state index >= 15 is 0 Å². The van der Waals surface area contributed by atoms with E-state index in [1.54, 1.807) is 11.8 Å². The normalized spacial score (nSPS) is 15.0. The van der Waals surface area contributed by atoms with E-state index in [2.05, 4.69) is 64.7 Å². The summed E-state index contributed by atoms with van der Waals surface area (Å²) < 4.78 is 0. The number of benzene rings is 2. The molecular weight excluding hydrogens is 398 g/mol. The van der Waals surface area contributed by atoms with Crippen molar-refractivity contribution in [1.29, 1.82) is 0 Å². The summed E-state index contributed by atoms with van der Waals surface area (Å²) in [6, 6.07) is 17.6. The van der Waals surface area contributed by atoms with Gasteiger partial charge in [0.05, 0.1) is 5.52 Å². The Labute approximate surface area is 180 Å². The minimum atomic E-state index is 0.830. The second kappa shape index (κ2) is 9.65. The van der Waals surface area contributed by atoms with Gasteiger partial charge in [-0.3, -0.25) is 14.7 Å². The lowest BCUT2D eigenvalue weighted by atomic mass is 10.1. The van der Waals surface area contributed by atoms with Crippen LogP contribution in [0.25, 0.3) is 10.9 Å². The van der Waals surface area contributed by atoms with E-state index in [0.29, 0.717) is 0 Å². The number of hydrogen-bond donors (Lipinski definition) is 0. The highest BCUT2D eigenvalue weighted by atomic mass is 32.2. The van der Waals surface area contributed by atoms with Crippen molar-refractivity contribution in [1.82, 2.24) is 14.8 Å². The molecule has 1 amide bonds. The smallest absolute Gasteiger partial charge is 0.209 e. The van der Waals surface area contributed by atoms with Gasteiger partial charge in [0.1, 0.15) is 0 Å². The summed E-state index contributed by atoms with van der Waals surface area (Å²) in [6.07, 6.45) is 4.95. The fourth-order valence-corrected chi connectivity index (χ4v) is 4.97. The number of aromatic nitrogens is 1. The van der Waals surface area contributed by atoms with Gasteiger partial charge in [-0.05, 0) is 35.6 Å². The maximum atomic E-state index is 10.8. The van der Waals surface area contributed by atoms with Crippen molar-refractivity contribution in [3.05, 3.63) is 65.9 Å². The van der Waals surface area contributed by atoms with E-state index in [9.17, 15) is 4.79 Å². The average molecular weight is 424 g/mol. The Morgan fingerprint density at radius 1 is 1.00 bits per heavy atom. The summed E-state index contributed by atoms with van der Waals surface area (Å²) in [4.78, 5) is 22.1. The van der Waals surface area contributed by atoms with Crippen LogP contribution in [-0.4, -0.2) is 53.6 Å². The first-order chi connectivity index (χ1) is 14.2. The molecule has 3 aromatic rings. The lowest BCUT2D eigenvalue weighted by molar-refractivity contribution is -0.119. The van der Waals surface area contributed by atoms with Gasteiger partial charge in [0.2, 0.25) is 6.41 Å². The van der Waals surface area contributed by atoms with Gasteiger partial charge >= 0.3 is 0 Å². The van der Waals surface area contributed by atoms with Gasteiger partial charge in [0, 0.05) is 59.9 Å². The standard InChI is InChI=1S/C23H25N3OS2/c1-28-20-6-7-21-22(14-20)24-9-8-23(21)29-16-19-4-2-18(3-5-19)15-25-10-12-26(17-27)13-11-25/h2-9,14,17H,10-13,15-16H2,1H3. The SMILES string of the molecule is CSc1ccc2c(SCc3ccc(CN4CCN(C=O)CC4)cc3)ccnc2c1. The number of nitrogens with zero attached hydrogens (tertiary/aromatic N) is 3. The van der Waals surface area contributed by atoms with E-state index in [4.69, 9.17) is 0 Å². The molecule has 1 fully saturated rings. The Morgan fingerprint density at radius 3 is 2.48 bits per heavy atom. The lowest BCUT2D eigenvalue weighted by Gasteiger charge is -2.32. The molecule has 6 heteroatoms. The van der Waals surface area contributed by atoms with E-state index in [1.807, 2.05) is 22.9 Å². The quantitative estimate of drug-likeness (QED) is 0.412. The van der Waals surface area contributed by atoms with Crippen LogP contribution in [0, 0.1) is 0 Å². The molecule has 29 heavy (non-hydrogen) atoms. The average Bonchev–Trinajstić information content (AvgIpc) is 2.78. The largest absolute Gasteiger partial charge is 0.343 e. The summed E-state index contributed by atoms with van der Waals surface area (Å²) in [5.41, 5.74) is 3.72. The van der Waals surface area contributed by atoms with Crippen LogP contribution in [-0.2, 0) is 17.1 Å². The number of hydrogen-bond acceptors (Lipinski definition) is 5. The molecule has 0 bridgehead atoms. The second-order valence-corrected chi connectivity index (χ2v) is 9.11. The highest BCUT2D eigenvalue weighted by molar-refractivity contribution is 7.99. The van der Waals surface area contributed by atoms with Crippen molar-refractivity contribution in [2.75, 3.05) is 32.4 Å². The molecule has 0 radical (unpaired) electrons. The van der Waals surface area contributed by atoms with Crippen molar-refractivity contribution < 1.29 is 4.79 Å². The molecule has 0 N–H and O–H groups in total. The van der Waals surface area contributed by atoms with Crippen molar-refractivity contribution in [3.8, 4) is 0 Å². The van der Waals surface area contributed by atoms with Crippen LogP contribution in [0.15, 0.2) is 64.5 Å². The second-order valence-electron chi connectivity index (χ2n) is 7.21. The minimum Gasteiger partial charge on any atom is -0.343 e. The van der Waals surface area contributed by atoms with Crippen molar-refractivity contribution in [2.45, 2.75) is 22.1 Å². The Bertz CT molecular complexity index is 970. The van der Waals surface area contributed by atoms with Crippen LogP contribution in [0.4, 0.5) is 0 Å². The van der Waals surface area contributed by atoms with Crippen molar-refractivity contribution in [2.24, 2.45) is 0 Å². The molecule has 0 unspecified atom stereocenters. The van der Waals surface area contributed by atoms with Crippen LogP contribution in [0.2, 0.25) is 0 Å². The molecule has 1 aliphatic heterocycles. The Balaban J connectivity index is 1.36. The van der Waals surface area contributed by atoms with Gasteiger partial charge in [-0.15, -0.1) is 23.5 Å². The van der Waals surface area contributed by atoms with Gasteiger partial charge in [0.15, 0.2) is 0 Å². The monoisotopic (exact) mass is 423 g/mol. The number of thioether (sulfide) groups is 2. The molecule has 4 rings (SSSR count). The Morgan fingerprint density at radius 2 is 1.76 bits per heavy atom. The lowest BCUT2D eigenvalue weighted by Crippen LogP contribution is -2.45. The predicted octanol–water partition coefficient (Wildman–Crippen LogP) is 4.52. The zero-order valence-electron chi connectivity index (χ0n) is 16.6. The predicted molar refractivity (Wildman–Crippen MR) is 122 cm³/mol. The molecule has 1 aromatic heterocycles. The molecule has 2 aromatic carbocycles. The number of piperazine rings is 1. The van der Waals surface area contributed by atoms with E-state index < -0.39 is 0 Å². The Hall–Kier alpha value is -2.02. The van der Waals surface area contributed by atoms with Gasteiger partial charge < -0.3 is 4.90 Å². The van der Waals surface area contributed by atoms with Gasteiger partial charge in [-0.2, -0.15) is 0 Å². The van der Waals surface area contributed by atoms with E-state index in [1.165, 1.54) is 26.3 Å². The summed E-state index contributed by atoms with van der Waals surface area (Å²) in [7, 11) is 0. The molecule has 0 saturated carbocycles. The van der Waals surface area contributed by atoms with Gasteiger partial charge in [-0.25, -0.2) is 0 Å². The zero-order chi connectivity index (χ0) is 20.1. The molecular formula is C23H25N3OS2. The molecule has 150 valence electrons. The first-order valence-corrected chi connectivity index (χ1v) is 12.0. The van der Waals surface area contributed by atoms with Crippen LogP contribution in [0.3, 0.4) is 0 Å². The van der Waals surface area contributed by atoms with Crippen LogP contribution < -0.4 is 0 Å². The topological polar surface area (TPSA) is 36.4 Å². The molecule has 4 nitrogen and oxygen atoms in total. The first-order valence-electron chi connectivity index (χ1n) is 9.80. The summed E-state index contributed by atoms with van der Waals surface area (Å²) in [6.45, 7) is 4.51. The van der Waals surface area contributed by atoms with Gasteiger partial charge in [0.25, 0.3) is 0 Å². The zero-order valence-corrected chi connectivity index (χ0v) is 18.2. The highest BCUT2D eigenvalue weighted by Gasteiger charge is 2.15. The molecule has 1 saturated heterocycles. The third-order valence-corrected chi connectivity index (χ3v) is 7.16. The maximum absolute atomic E-state index is 10.8. The van der Waals surface area contributed by atoms with E-state index in [0.717, 1.165) is 50.4 Å².